The number of hydrogen-bond acceptors (Lipinski definition) is 5. The van der Waals surface area contributed by atoms with Crippen molar-refractivity contribution >= 4 is 11.6 Å². The second-order valence-electron chi connectivity index (χ2n) is 8.10. The number of aryl methyl sites for hydroxylation is 2. The molecule has 1 aliphatic rings. The summed E-state index contributed by atoms with van der Waals surface area (Å²) in [7, 11) is 0. The number of nitrogens with zero attached hydrogens (tertiary/aromatic N) is 2. The Morgan fingerprint density at radius 1 is 0.871 bits per heavy atom. The van der Waals surface area contributed by atoms with Crippen LogP contribution in [0.3, 0.4) is 0 Å². The topological polar surface area (TPSA) is 54.0 Å². The maximum Gasteiger partial charge on any atom is 0.238 e. The fraction of sp³-hybridized carbons (Fsp3) is 0.480. The second-order valence-corrected chi connectivity index (χ2v) is 8.10. The summed E-state index contributed by atoms with van der Waals surface area (Å²) < 4.78 is 11.5. The molecule has 0 unspecified atom stereocenters. The van der Waals surface area contributed by atoms with Gasteiger partial charge in [0, 0.05) is 38.4 Å². The Hall–Kier alpha value is -2.57. The van der Waals surface area contributed by atoms with Crippen LogP contribution in [0.2, 0.25) is 0 Å². The maximum absolute atomic E-state index is 12.5. The zero-order chi connectivity index (χ0) is 22.1. The molecular formula is C25H35N3O3. The summed E-state index contributed by atoms with van der Waals surface area (Å²) in [5.41, 5.74) is 3.14. The Morgan fingerprint density at radius 3 is 2.00 bits per heavy atom. The molecule has 1 N–H and O–H groups in total. The predicted molar refractivity (Wildman–Crippen MR) is 125 cm³/mol. The number of ether oxygens (including phenoxy) is 2. The van der Waals surface area contributed by atoms with E-state index in [9.17, 15) is 4.79 Å². The van der Waals surface area contributed by atoms with Gasteiger partial charge in [0.2, 0.25) is 5.91 Å². The molecular weight excluding hydrogens is 390 g/mol. The first-order valence-corrected chi connectivity index (χ1v) is 11.2. The SMILES string of the molecule is CCCOc1ccc(OCCN2CCN(CC(=O)Nc3c(C)cccc3C)CC2)cc1. The molecule has 0 radical (unpaired) electrons. The van der Waals surface area contributed by atoms with E-state index in [1.54, 1.807) is 0 Å². The predicted octanol–water partition coefficient (Wildman–Crippen LogP) is 3.73. The standard InChI is InChI=1S/C25H35N3O3/c1-4-17-30-22-8-10-23(11-9-22)31-18-16-27-12-14-28(15-13-27)19-24(29)26-25-20(2)6-5-7-21(25)3/h5-11H,4,12-19H2,1-3H3,(H,26,29). The van der Waals surface area contributed by atoms with E-state index in [1.807, 2.05) is 56.3 Å². The van der Waals surface area contributed by atoms with E-state index >= 15 is 0 Å². The summed E-state index contributed by atoms with van der Waals surface area (Å²) in [6.07, 6.45) is 1.00. The van der Waals surface area contributed by atoms with Gasteiger partial charge in [-0.2, -0.15) is 0 Å². The first-order chi connectivity index (χ1) is 15.0. The van der Waals surface area contributed by atoms with Crippen molar-refractivity contribution in [1.82, 2.24) is 9.80 Å². The van der Waals surface area contributed by atoms with Crippen molar-refractivity contribution in [3.05, 3.63) is 53.6 Å². The van der Waals surface area contributed by atoms with Crippen molar-refractivity contribution in [3.8, 4) is 11.5 Å². The van der Waals surface area contributed by atoms with Crippen molar-refractivity contribution in [3.63, 3.8) is 0 Å². The summed E-state index contributed by atoms with van der Waals surface area (Å²) in [4.78, 5) is 17.1. The van der Waals surface area contributed by atoms with Crippen LogP contribution in [0.5, 0.6) is 11.5 Å². The number of carbonyl (C=O) groups is 1. The molecule has 0 atom stereocenters. The summed E-state index contributed by atoms with van der Waals surface area (Å²) in [6, 6.07) is 13.9. The number of para-hydroxylation sites is 1. The normalized spacial score (nSPS) is 14.9. The number of piperazine rings is 1. The van der Waals surface area contributed by atoms with E-state index in [2.05, 4.69) is 22.0 Å². The summed E-state index contributed by atoms with van der Waals surface area (Å²) in [6.45, 7) is 12.5. The van der Waals surface area contributed by atoms with Gasteiger partial charge in [-0.25, -0.2) is 0 Å². The van der Waals surface area contributed by atoms with Gasteiger partial charge in [-0.05, 0) is 55.7 Å². The molecule has 1 aliphatic heterocycles. The van der Waals surface area contributed by atoms with E-state index in [-0.39, 0.29) is 5.91 Å². The smallest absolute Gasteiger partial charge is 0.238 e. The summed E-state index contributed by atoms with van der Waals surface area (Å²) in [5.74, 6) is 1.80. The van der Waals surface area contributed by atoms with Gasteiger partial charge in [-0.3, -0.25) is 14.6 Å². The Kier molecular flexibility index (Phi) is 8.74. The van der Waals surface area contributed by atoms with Crippen LogP contribution in [0.25, 0.3) is 0 Å². The average Bonchev–Trinajstić information content (AvgIpc) is 2.77. The Morgan fingerprint density at radius 2 is 1.42 bits per heavy atom. The minimum atomic E-state index is 0.0561. The molecule has 1 amide bonds. The fourth-order valence-electron chi connectivity index (χ4n) is 3.71. The molecule has 168 valence electrons. The molecule has 0 spiro atoms. The number of hydrogen-bond donors (Lipinski definition) is 1. The molecule has 6 nitrogen and oxygen atoms in total. The number of carbonyl (C=O) groups excluding carboxylic acids is 1. The van der Waals surface area contributed by atoms with Crippen molar-refractivity contribution < 1.29 is 14.3 Å². The highest BCUT2D eigenvalue weighted by Gasteiger charge is 2.19. The Bertz CT molecular complexity index is 810. The lowest BCUT2D eigenvalue weighted by molar-refractivity contribution is -0.117. The van der Waals surface area contributed by atoms with Crippen molar-refractivity contribution in [2.75, 3.05) is 57.8 Å². The molecule has 0 aliphatic carbocycles. The van der Waals surface area contributed by atoms with Crippen molar-refractivity contribution in [2.24, 2.45) is 0 Å². The third-order valence-corrected chi connectivity index (χ3v) is 5.55. The van der Waals surface area contributed by atoms with E-state index in [4.69, 9.17) is 9.47 Å². The molecule has 1 saturated heterocycles. The monoisotopic (exact) mass is 425 g/mol. The van der Waals surface area contributed by atoms with E-state index in [0.29, 0.717) is 13.2 Å². The molecule has 3 rings (SSSR count). The lowest BCUT2D eigenvalue weighted by Crippen LogP contribution is -2.49. The van der Waals surface area contributed by atoms with Crippen LogP contribution in [0, 0.1) is 13.8 Å². The van der Waals surface area contributed by atoms with Crippen LogP contribution in [-0.2, 0) is 4.79 Å². The van der Waals surface area contributed by atoms with Crippen LogP contribution in [0.15, 0.2) is 42.5 Å². The Balaban J connectivity index is 1.33. The molecule has 1 heterocycles. The van der Waals surface area contributed by atoms with Crippen LogP contribution in [0.1, 0.15) is 24.5 Å². The number of rotatable bonds is 10. The lowest BCUT2D eigenvalue weighted by Gasteiger charge is -2.34. The zero-order valence-electron chi connectivity index (χ0n) is 19.0. The average molecular weight is 426 g/mol. The van der Waals surface area contributed by atoms with Crippen molar-refractivity contribution in [1.29, 1.82) is 0 Å². The van der Waals surface area contributed by atoms with Crippen LogP contribution in [0.4, 0.5) is 5.69 Å². The van der Waals surface area contributed by atoms with E-state index in [1.165, 1.54) is 0 Å². The Labute approximate surface area is 186 Å². The molecule has 6 heteroatoms. The van der Waals surface area contributed by atoms with Crippen LogP contribution < -0.4 is 14.8 Å². The highest BCUT2D eigenvalue weighted by molar-refractivity contribution is 5.93. The first kappa shape index (κ1) is 23.1. The van der Waals surface area contributed by atoms with Gasteiger partial charge in [-0.1, -0.05) is 25.1 Å². The van der Waals surface area contributed by atoms with Gasteiger partial charge >= 0.3 is 0 Å². The third-order valence-electron chi connectivity index (χ3n) is 5.55. The molecule has 1 fully saturated rings. The molecule has 2 aromatic carbocycles. The number of nitrogens with one attached hydrogen (secondary N) is 1. The van der Waals surface area contributed by atoms with Gasteiger partial charge in [-0.15, -0.1) is 0 Å². The molecule has 0 bridgehead atoms. The molecule has 2 aromatic rings. The zero-order valence-corrected chi connectivity index (χ0v) is 19.0. The van der Waals surface area contributed by atoms with Gasteiger partial charge in [0.1, 0.15) is 18.1 Å². The second kappa shape index (κ2) is 11.7. The number of anilines is 1. The summed E-state index contributed by atoms with van der Waals surface area (Å²) in [5, 5.41) is 3.08. The molecule has 0 saturated carbocycles. The van der Waals surface area contributed by atoms with Gasteiger partial charge < -0.3 is 14.8 Å². The number of amides is 1. The van der Waals surface area contributed by atoms with Crippen LogP contribution >= 0.6 is 0 Å². The van der Waals surface area contributed by atoms with Gasteiger partial charge in [0.15, 0.2) is 0 Å². The molecule has 31 heavy (non-hydrogen) atoms. The minimum Gasteiger partial charge on any atom is -0.494 e. The van der Waals surface area contributed by atoms with E-state index < -0.39 is 0 Å². The fourth-order valence-corrected chi connectivity index (χ4v) is 3.71. The van der Waals surface area contributed by atoms with Crippen molar-refractivity contribution in [2.45, 2.75) is 27.2 Å². The van der Waals surface area contributed by atoms with E-state index in [0.717, 1.165) is 74.1 Å². The largest absolute Gasteiger partial charge is 0.494 e. The first-order valence-electron chi connectivity index (χ1n) is 11.2. The highest BCUT2D eigenvalue weighted by atomic mass is 16.5. The van der Waals surface area contributed by atoms with Crippen LogP contribution in [-0.4, -0.2) is 68.2 Å². The quantitative estimate of drug-likeness (QED) is 0.629. The molecule has 0 aromatic heterocycles. The number of benzene rings is 2. The van der Waals surface area contributed by atoms with Gasteiger partial charge in [0.25, 0.3) is 0 Å². The third kappa shape index (κ3) is 7.26. The lowest BCUT2D eigenvalue weighted by atomic mass is 10.1. The van der Waals surface area contributed by atoms with Gasteiger partial charge in [0.05, 0.1) is 13.2 Å². The summed E-state index contributed by atoms with van der Waals surface area (Å²) >= 11 is 0. The minimum absolute atomic E-state index is 0.0561. The maximum atomic E-state index is 12.5. The highest BCUT2D eigenvalue weighted by Crippen LogP contribution is 2.20.